The van der Waals surface area contributed by atoms with Crippen LogP contribution < -0.4 is 5.32 Å². The lowest BCUT2D eigenvalue weighted by atomic mass is 9.98. The predicted molar refractivity (Wildman–Crippen MR) is 61.0 cm³/mol. The summed E-state index contributed by atoms with van der Waals surface area (Å²) in [7, 11) is 0. The number of amides is 1. The van der Waals surface area contributed by atoms with Crippen LogP contribution in [0.25, 0.3) is 0 Å². The molecule has 6 nitrogen and oxygen atoms in total. The number of aromatic nitrogens is 3. The van der Waals surface area contributed by atoms with Crippen LogP contribution in [0.2, 0.25) is 0 Å². The lowest BCUT2D eigenvalue weighted by molar-refractivity contribution is -0.137. The van der Waals surface area contributed by atoms with Crippen LogP contribution in [0.1, 0.15) is 18.7 Å². The zero-order valence-electron chi connectivity index (χ0n) is 9.80. The zero-order chi connectivity index (χ0) is 11.7. The van der Waals surface area contributed by atoms with Gasteiger partial charge in [-0.15, -0.1) is 10.2 Å². The van der Waals surface area contributed by atoms with Crippen molar-refractivity contribution in [2.75, 3.05) is 19.6 Å². The Morgan fingerprint density at radius 1 is 1.47 bits per heavy atom. The summed E-state index contributed by atoms with van der Waals surface area (Å²) >= 11 is 0. The van der Waals surface area contributed by atoms with Gasteiger partial charge >= 0.3 is 0 Å². The number of rotatable bonds is 1. The number of nitrogens with one attached hydrogen (secondary N) is 1. The molecule has 2 aliphatic rings. The quantitative estimate of drug-likeness (QED) is 0.720. The van der Waals surface area contributed by atoms with E-state index in [1.165, 1.54) is 0 Å². The molecule has 0 bridgehead atoms. The Bertz CT molecular complexity index is 410. The number of fused-ring (bicyclic) bond motifs is 1. The van der Waals surface area contributed by atoms with Crippen molar-refractivity contribution in [3.8, 4) is 0 Å². The summed E-state index contributed by atoms with van der Waals surface area (Å²) < 4.78 is 2.02. The molecule has 6 heteroatoms. The van der Waals surface area contributed by atoms with Crippen LogP contribution in [0.3, 0.4) is 0 Å². The van der Waals surface area contributed by atoms with Crippen LogP contribution in [-0.2, 0) is 17.9 Å². The van der Waals surface area contributed by atoms with Crippen molar-refractivity contribution in [1.82, 2.24) is 25.0 Å². The second-order valence-corrected chi connectivity index (χ2v) is 4.74. The van der Waals surface area contributed by atoms with E-state index >= 15 is 0 Å². The maximum atomic E-state index is 12.3. The van der Waals surface area contributed by atoms with Crippen LogP contribution in [0.15, 0.2) is 6.33 Å². The Labute approximate surface area is 100 Å². The Morgan fingerprint density at radius 3 is 3.24 bits per heavy atom. The van der Waals surface area contributed by atoms with Gasteiger partial charge in [-0.25, -0.2) is 0 Å². The molecular formula is C11H17N5O. The van der Waals surface area contributed by atoms with Gasteiger partial charge in [0.25, 0.3) is 0 Å². The van der Waals surface area contributed by atoms with E-state index in [1.54, 1.807) is 6.33 Å². The number of carbonyl (C=O) groups is 1. The molecule has 0 aromatic carbocycles. The van der Waals surface area contributed by atoms with Gasteiger partial charge in [-0.3, -0.25) is 4.79 Å². The van der Waals surface area contributed by atoms with Gasteiger partial charge in [0.1, 0.15) is 6.33 Å². The third kappa shape index (κ3) is 2.04. The van der Waals surface area contributed by atoms with Gasteiger partial charge in [-0.05, 0) is 19.4 Å². The van der Waals surface area contributed by atoms with Crippen molar-refractivity contribution in [3.05, 3.63) is 12.2 Å². The molecule has 2 aliphatic heterocycles. The first-order valence-electron chi connectivity index (χ1n) is 6.21. The lowest BCUT2D eigenvalue weighted by Gasteiger charge is -2.32. The molecule has 0 radical (unpaired) electrons. The molecule has 1 aromatic rings. The number of nitrogens with zero attached hydrogens (tertiary/aromatic N) is 4. The van der Waals surface area contributed by atoms with Gasteiger partial charge in [-0.1, -0.05) is 0 Å². The van der Waals surface area contributed by atoms with E-state index in [0.717, 1.165) is 44.8 Å². The minimum absolute atomic E-state index is 0.151. The molecule has 0 saturated carbocycles. The SMILES string of the molecule is O=C(C1CCCNC1)N1CCn2cnnc2C1. The van der Waals surface area contributed by atoms with Crippen LogP contribution in [0, 0.1) is 5.92 Å². The summed E-state index contributed by atoms with van der Waals surface area (Å²) in [6.07, 6.45) is 3.84. The van der Waals surface area contributed by atoms with Crippen LogP contribution in [0.4, 0.5) is 0 Å². The predicted octanol–water partition coefficient (Wildman–Crippen LogP) is -0.380. The number of piperidine rings is 1. The molecule has 1 unspecified atom stereocenters. The second-order valence-electron chi connectivity index (χ2n) is 4.74. The molecule has 1 atom stereocenters. The third-order valence-corrected chi connectivity index (χ3v) is 3.60. The highest BCUT2D eigenvalue weighted by Gasteiger charge is 2.28. The molecule has 3 rings (SSSR count). The molecular weight excluding hydrogens is 218 g/mol. The van der Waals surface area contributed by atoms with E-state index in [2.05, 4.69) is 15.5 Å². The Kier molecular flexibility index (Phi) is 2.80. The fourth-order valence-electron chi connectivity index (χ4n) is 2.58. The van der Waals surface area contributed by atoms with Gasteiger partial charge < -0.3 is 14.8 Å². The Balaban J connectivity index is 1.67. The summed E-state index contributed by atoms with van der Waals surface area (Å²) in [5, 5.41) is 11.2. The summed E-state index contributed by atoms with van der Waals surface area (Å²) in [4.78, 5) is 14.2. The van der Waals surface area contributed by atoms with Crippen LogP contribution >= 0.6 is 0 Å². The topological polar surface area (TPSA) is 63.1 Å². The highest BCUT2D eigenvalue weighted by Crippen LogP contribution is 2.17. The van der Waals surface area contributed by atoms with Crippen LogP contribution in [-0.4, -0.2) is 45.2 Å². The number of hydrogen-bond donors (Lipinski definition) is 1. The summed E-state index contributed by atoms with van der Waals surface area (Å²) in [6.45, 7) is 4.06. The minimum atomic E-state index is 0.151. The van der Waals surface area contributed by atoms with E-state index in [0.29, 0.717) is 6.54 Å². The Morgan fingerprint density at radius 2 is 2.41 bits per heavy atom. The fraction of sp³-hybridized carbons (Fsp3) is 0.727. The largest absolute Gasteiger partial charge is 0.333 e. The number of hydrogen-bond acceptors (Lipinski definition) is 4. The third-order valence-electron chi connectivity index (χ3n) is 3.60. The van der Waals surface area contributed by atoms with Crippen molar-refractivity contribution in [2.24, 2.45) is 5.92 Å². The first kappa shape index (κ1) is 10.7. The lowest BCUT2D eigenvalue weighted by Crippen LogP contribution is -2.45. The first-order chi connectivity index (χ1) is 8.34. The average Bonchev–Trinajstić information content (AvgIpc) is 2.86. The molecule has 0 aliphatic carbocycles. The maximum Gasteiger partial charge on any atom is 0.227 e. The standard InChI is InChI=1S/C11H17N5O/c17-11(9-2-1-3-12-6-9)15-4-5-16-8-13-14-10(16)7-15/h8-9,12H,1-7H2. The van der Waals surface area contributed by atoms with E-state index in [9.17, 15) is 4.79 Å². The highest BCUT2D eigenvalue weighted by molar-refractivity contribution is 5.79. The average molecular weight is 235 g/mol. The molecule has 1 amide bonds. The van der Waals surface area contributed by atoms with E-state index in [-0.39, 0.29) is 11.8 Å². The van der Waals surface area contributed by atoms with E-state index in [1.807, 2.05) is 9.47 Å². The summed E-state index contributed by atoms with van der Waals surface area (Å²) in [6, 6.07) is 0. The molecule has 1 N–H and O–H groups in total. The molecule has 1 fully saturated rings. The summed E-state index contributed by atoms with van der Waals surface area (Å²) in [5.74, 6) is 1.32. The molecule has 17 heavy (non-hydrogen) atoms. The molecule has 92 valence electrons. The van der Waals surface area contributed by atoms with Crippen molar-refractivity contribution in [2.45, 2.75) is 25.9 Å². The van der Waals surface area contributed by atoms with E-state index in [4.69, 9.17) is 0 Å². The second kappa shape index (κ2) is 4.44. The molecule has 1 aromatic heterocycles. The smallest absolute Gasteiger partial charge is 0.227 e. The highest BCUT2D eigenvalue weighted by atomic mass is 16.2. The monoisotopic (exact) mass is 235 g/mol. The molecule has 3 heterocycles. The fourth-order valence-corrected chi connectivity index (χ4v) is 2.58. The normalized spacial score (nSPS) is 24.5. The Hall–Kier alpha value is -1.43. The zero-order valence-corrected chi connectivity index (χ0v) is 9.80. The summed E-state index contributed by atoms with van der Waals surface area (Å²) in [5.41, 5.74) is 0. The van der Waals surface area contributed by atoms with Gasteiger partial charge in [0, 0.05) is 19.6 Å². The molecule has 0 spiro atoms. The maximum absolute atomic E-state index is 12.3. The van der Waals surface area contributed by atoms with Gasteiger partial charge in [-0.2, -0.15) is 0 Å². The first-order valence-corrected chi connectivity index (χ1v) is 6.21. The van der Waals surface area contributed by atoms with Crippen molar-refractivity contribution in [3.63, 3.8) is 0 Å². The molecule has 1 saturated heterocycles. The van der Waals surface area contributed by atoms with E-state index < -0.39 is 0 Å². The number of carbonyl (C=O) groups excluding carboxylic acids is 1. The minimum Gasteiger partial charge on any atom is -0.333 e. The van der Waals surface area contributed by atoms with Crippen molar-refractivity contribution in [1.29, 1.82) is 0 Å². The van der Waals surface area contributed by atoms with Gasteiger partial charge in [0.05, 0.1) is 12.5 Å². The van der Waals surface area contributed by atoms with Crippen molar-refractivity contribution < 1.29 is 4.79 Å². The van der Waals surface area contributed by atoms with Crippen LogP contribution in [0.5, 0.6) is 0 Å². The van der Waals surface area contributed by atoms with Crippen molar-refractivity contribution >= 4 is 5.91 Å². The van der Waals surface area contributed by atoms with Gasteiger partial charge in [0.15, 0.2) is 5.82 Å². The van der Waals surface area contributed by atoms with Gasteiger partial charge in [0.2, 0.25) is 5.91 Å².